The molecule has 2 N–H and O–H groups in total. The highest BCUT2D eigenvalue weighted by atomic mass is 35.5. The van der Waals surface area contributed by atoms with E-state index in [1.54, 1.807) is 31.2 Å². The van der Waals surface area contributed by atoms with E-state index in [2.05, 4.69) is 10.6 Å². The Bertz CT molecular complexity index is 820. The van der Waals surface area contributed by atoms with Crippen molar-refractivity contribution in [1.82, 2.24) is 10.6 Å². The normalized spacial score (nSPS) is 14.0. The summed E-state index contributed by atoms with van der Waals surface area (Å²) < 4.78 is 11.1. The zero-order valence-electron chi connectivity index (χ0n) is 16.3. The fourth-order valence-corrected chi connectivity index (χ4v) is 2.77. The topological polar surface area (TPSA) is 76.7 Å². The molecular formula is C22H25ClN2O4. The van der Waals surface area contributed by atoms with Gasteiger partial charge >= 0.3 is 0 Å². The molecule has 154 valence electrons. The SMILES string of the molecule is CC(Oc1ccc(Cl)cc1)C(=O)NCCc1ccc(OCC(=O)NC2CC2)cc1. The molecule has 2 aromatic carbocycles. The quantitative estimate of drug-likeness (QED) is 0.624. The van der Waals surface area contributed by atoms with Crippen LogP contribution in [-0.2, 0) is 16.0 Å². The summed E-state index contributed by atoms with van der Waals surface area (Å²) in [4.78, 5) is 23.8. The van der Waals surface area contributed by atoms with Crippen LogP contribution in [0.5, 0.6) is 11.5 Å². The van der Waals surface area contributed by atoms with Crippen molar-refractivity contribution in [1.29, 1.82) is 0 Å². The molecule has 0 aromatic heterocycles. The van der Waals surface area contributed by atoms with Gasteiger partial charge in [0.25, 0.3) is 11.8 Å². The molecule has 0 bridgehead atoms. The highest BCUT2D eigenvalue weighted by molar-refractivity contribution is 6.30. The van der Waals surface area contributed by atoms with Crippen molar-refractivity contribution in [2.75, 3.05) is 13.2 Å². The van der Waals surface area contributed by atoms with E-state index in [0.29, 0.717) is 35.5 Å². The number of nitrogens with one attached hydrogen (secondary N) is 2. The van der Waals surface area contributed by atoms with Gasteiger partial charge in [0.15, 0.2) is 12.7 Å². The van der Waals surface area contributed by atoms with E-state index in [1.807, 2.05) is 24.3 Å². The van der Waals surface area contributed by atoms with Gasteiger partial charge in [-0.3, -0.25) is 9.59 Å². The van der Waals surface area contributed by atoms with Crippen molar-refractivity contribution in [3.05, 3.63) is 59.1 Å². The minimum absolute atomic E-state index is 0.0252. The first kappa shape index (κ1) is 21.0. The minimum atomic E-state index is -0.603. The van der Waals surface area contributed by atoms with E-state index in [4.69, 9.17) is 21.1 Å². The lowest BCUT2D eigenvalue weighted by molar-refractivity contribution is -0.127. The lowest BCUT2D eigenvalue weighted by Gasteiger charge is -2.15. The van der Waals surface area contributed by atoms with E-state index in [0.717, 1.165) is 18.4 Å². The first-order valence-electron chi connectivity index (χ1n) is 9.70. The number of amides is 2. The second-order valence-corrected chi connectivity index (χ2v) is 7.47. The highest BCUT2D eigenvalue weighted by Gasteiger charge is 2.23. The van der Waals surface area contributed by atoms with E-state index in [9.17, 15) is 9.59 Å². The van der Waals surface area contributed by atoms with Crippen LogP contribution in [0.15, 0.2) is 48.5 Å². The molecule has 1 saturated carbocycles. The number of ether oxygens (including phenoxy) is 2. The summed E-state index contributed by atoms with van der Waals surface area (Å²) in [7, 11) is 0. The number of halogens is 1. The van der Waals surface area contributed by atoms with Crippen molar-refractivity contribution in [3.63, 3.8) is 0 Å². The molecule has 1 unspecified atom stereocenters. The molecule has 3 rings (SSSR count). The number of rotatable bonds is 10. The summed E-state index contributed by atoms with van der Waals surface area (Å²) in [6.07, 6.45) is 2.20. The summed E-state index contributed by atoms with van der Waals surface area (Å²) in [5, 5.41) is 6.37. The van der Waals surface area contributed by atoms with Crippen LogP contribution in [0.3, 0.4) is 0 Å². The van der Waals surface area contributed by atoms with Gasteiger partial charge < -0.3 is 20.1 Å². The van der Waals surface area contributed by atoms with Gasteiger partial charge in [0.05, 0.1) is 0 Å². The molecule has 0 saturated heterocycles. The van der Waals surface area contributed by atoms with Gasteiger partial charge in [-0.2, -0.15) is 0 Å². The Morgan fingerprint density at radius 2 is 1.72 bits per heavy atom. The third-order valence-corrected chi connectivity index (χ3v) is 4.70. The van der Waals surface area contributed by atoms with E-state index in [1.165, 1.54) is 0 Å². The second-order valence-electron chi connectivity index (χ2n) is 7.03. The van der Waals surface area contributed by atoms with Crippen LogP contribution < -0.4 is 20.1 Å². The van der Waals surface area contributed by atoms with E-state index < -0.39 is 6.10 Å². The number of carbonyl (C=O) groups excluding carboxylic acids is 2. The molecular weight excluding hydrogens is 392 g/mol. The van der Waals surface area contributed by atoms with Crippen molar-refractivity contribution >= 4 is 23.4 Å². The lowest BCUT2D eigenvalue weighted by Crippen LogP contribution is -2.37. The van der Waals surface area contributed by atoms with Crippen molar-refractivity contribution in [2.24, 2.45) is 0 Å². The molecule has 1 fully saturated rings. The Hall–Kier alpha value is -2.73. The first-order chi connectivity index (χ1) is 14.0. The van der Waals surface area contributed by atoms with Crippen LogP contribution in [0.25, 0.3) is 0 Å². The number of carbonyl (C=O) groups is 2. The maximum atomic E-state index is 12.2. The Kier molecular flexibility index (Phi) is 7.36. The highest BCUT2D eigenvalue weighted by Crippen LogP contribution is 2.19. The van der Waals surface area contributed by atoms with Gasteiger partial charge in [0.1, 0.15) is 11.5 Å². The second kappa shape index (κ2) is 10.2. The van der Waals surface area contributed by atoms with Crippen LogP contribution >= 0.6 is 11.6 Å². The largest absolute Gasteiger partial charge is 0.484 e. The summed E-state index contributed by atoms with van der Waals surface area (Å²) >= 11 is 5.84. The zero-order valence-corrected chi connectivity index (χ0v) is 17.1. The van der Waals surface area contributed by atoms with Gasteiger partial charge in [-0.25, -0.2) is 0 Å². The molecule has 2 amide bonds. The molecule has 2 aromatic rings. The van der Waals surface area contributed by atoms with Gasteiger partial charge in [0.2, 0.25) is 0 Å². The van der Waals surface area contributed by atoms with Crippen LogP contribution in [-0.4, -0.2) is 37.1 Å². The minimum Gasteiger partial charge on any atom is -0.484 e. The predicted molar refractivity (Wildman–Crippen MR) is 111 cm³/mol. The molecule has 0 spiro atoms. The van der Waals surface area contributed by atoms with Gasteiger partial charge in [-0.05, 0) is 68.1 Å². The van der Waals surface area contributed by atoms with Crippen molar-refractivity contribution in [3.8, 4) is 11.5 Å². The maximum Gasteiger partial charge on any atom is 0.260 e. The Morgan fingerprint density at radius 3 is 2.38 bits per heavy atom. The molecule has 7 heteroatoms. The third-order valence-electron chi connectivity index (χ3n) is 4.44. The molecule has 0 aliphatic heterocycles. The molecule has 0 radical (unpaired) electrons. The van der Waals surface area contributed by atoms with E-state index in [-0.39, 0.29) is 18.4 Å². The lowest BCUT2D eigenvalue weighted by atomic mass is 10.1. The molecule has 1 aliphatic rings. The van der Waals surface area contributed by atoms with Gasteiger partial charge in [-0.1, -0.05) is 23.7 Å². The fraction of sp³-hybridized carbons (Fsp3) is 0.364. The summed E-state index contributed by atoms with van der Waals surface area (Å²) in [6.45, 7) is 2.23. The van der Waals surface area contributed by atoms with E-state index >= 15 is 0 Å². The van der Waals surface area contributed by atoms with Crippen LogP contribution in [0.4, 0.5) is 0 Å². The molecule has 1 atom stereocenters. The standard InChI is InChI=1S/C22H25ClN2O4/c1-15(29-20-10-4-17(23)5-11-20)22(27)24-13-12-16-2-8-19(9-3-16)28-14-21(26)25-18-6-7-18/h2-5,8-11,15,18H,6-7,12-14H2,1H3,(H,24,27)(H,25,26). The summed E-state index contributed by atoms with van der Waals surface area (Å²) in [5.41, 5.74) is 1.06. The number of hydrogen-bond acceptors (Lipinski definition) is 4. The van der Waals surface area contributed by atoms with Crippen molar-refractivity contribution < 1.29 is 19.1 Å². The summed E-state index contributed by atoms with van der Waals surface area (Å²) in [6, 6.07) is 14.7. The average molecular weight is 417 g/mol. The van der Waals surface area contributed by atoms with Crippen LogP contribution in [0.2, 0.25) is 5.02 Å². The number of hydrogen-bond donors (Lipinski definition) is 2. The number of benzene rings is 2. The Morgan fingerprint density at radius 1 is 1.07 bits per heavy atom. The van der Waals surface area contributed by atoms with Gasteiger partial charge in [-0.15, -0.1) is 0 Å². The summed E-state index contributed by atoms with van der Waals surface area (Å²) in [5.74, 6) is 0.975. The monoisotopic (exact) mass is 416 g/mol. The zero-order chi connectivity index (χ0) is 20.6. The average Bonchev–Trinajstić information content (AvgIpc) is 3.53. The van der Waals surface area contributed by atoms with Crippen LogP contribution in [0.1, 0.15) is 25.3 Å². The van der Waals surface area contributed by atoms with Crippen molar-refractivity contribution in [2.45, 2.75) is 38.3 Å². The molecule has 1 aliphatic carbocycles. The van der Waals surface area contributed by atoms with Gasteiger partial charge in [0, 0.05) is 17.6 Å². The maximum absolute atomic E-state index is 12.2. The fourth-order valence-electron chi connectivity index (χ4n) is 2.64. The molecule has 0 heterocycles. The Labute approximate surface area is 175 Å². The molecule has 6 nitrogen and oxygen atoms in total. The predicted octanol–water partition coefficient (Wildman–Crippen LogP) is 3.12. The Balaban J connectivity index is 1.35. The third kappa shape index (κ3) is 7.31. The molecule has 29 heavy (non-hydrogen) atoms. The smallest absolute Gasteiger partial charge is 0.260 e. The van der Waals surface area contributed by atoms with Crippen LogP contribution in [0, 0.1) is 0 Å². The first-order valence-corrected chi connectivity index (χ1v) is 10.1.